The molecule has 0 radical (unpaired) electrons. The largest absolute Gasteiger partial charge is 0.465 e. The van der Waals surface area contributed by atoms with E-state index in [0.717, 1.165) is 0 Å². The molecule has 0 aliphatic rings. The second-order valence-electron chi connectivity index (χ2n) is 2.78. The molecule has 0 amide bonds. The van der Waals surface area contributed by atoms with Crippen molar-refractivity contribution in [3.8, 4) is 0 Å². The fourth-order valence-electron chi connectivity index (χ4n) is 1.01. The lowest BCUT2D eigenvalue weighted by molar-refractivity contribution is -0.151. The third-order valence-corrected chi connectivity index (χ3v) is 1.72. The Hall–Kier alpha value is -1.12. The molecule has 0 aliphatic heterocycles. The molecule has 0 fully saturated rings. The first-order valence-electron chi connectivity index (χ1n) is 4.41. The van der Waals surface area contributed by atoms with Crippen molar-refractivity contribution >= 4 is 11.8 Å². The van der Waals surface area contributed by atoms with Gasteiger partial charge in [0.2, 0.25) is 0 Å². The van der Waals surface area contributed by atoms with Crippen LogP contribution in [0.3, 0.4) is 0 Å². The minimum absolute atomic E-state index is 0.139. The number of carbonyl (C=O) groups is 2. The van der Waals surface area contributed by atoms with E-state index in [0.29, 0.717) is 19.4 Å². The zero-order valence-corrected chi connectivity index (χ0v) is 8.21. The highest BCUT2D eigenvalue weighted by Crippen LogP contribution is 2.10. The average Bonchev–Trinajstić information content (AvgIpc) is 2.05. The van der Waals surface area contributed by atoms with Gasteiger partial charge in [-0.1, -0.05) is 6.08 Å². The second kappa shape index (κ2) is 6.40. The number of hydrogen-bond acceptors (Lipinski definition) is 3. The monoisotopic (exact) mass is 184 g/mol. The predicted molar refractivity (Wildman–Crippen MR) is 50.2 cm³/mol. The molecular formula is C10H16O3. The molecule has 0 heterocycles. The van der Waals surface area contributed by atoms with Crippen LogP contribution >= 0.6 is 0 Å². The normalized spacial score (nSPS) is 11.8. The zero-order chi connectivity index (χ0) is 10.3. The summed E-state index contributed by atoms with van der Waals surface area (Å²) in [6.07, 6.45) is 2.84. The summed E-state index contributed by atoms with van der Waals surface area (Å²) in [4.78, 5) is 22.2. The summed E-state index contributed by atoms with van der Waals surface area (Å²) in [5, 5.41) is 0. The smallest absolute Gasteiger partial charge is 0.316 e. The first-order chi connectivity index (χ1) is 6.13. The highest BCUT2D eigenvalue weighted by atomic mass is 16.5. The van der Waals surface area contributed by atoms with E-state index in [-0.39, 0.29) is 5.78 Å². The summed E-state index contributed by atoms with van der Waals surface area (Å²) in [5.74, 6) is -1.17. The van der Waals surface area contributed by atoms with Crippen molar-refractivity contribution in [3.63, 3.8) is 0 Å². The van der Waals surface area contributed by atoms with E-state index in [1.54, 1.807) is 13.0 Å². The molecular weight excluding hydrogens is 168 g/mol. The van der Waals surface area contributed by atoms with Crippen molar-refractivity contribution in [3.05, 3.63) is 12.7 Å². The number of Topliss-reactive ketones (excluding diaryl/α,β-unsaturated/α-hetero) is 1. The quantitative estimate of drug-likeness (QED) is 0.358. The molecule has 0 aliphatic carbocycles. The van der Waals surface area contributed by atoms with Gasteiger partial charge in [0, 0.05) is 0 Å². The van der Waals surface area contributed by atoms with Gasteiger partial charge in [-0.3, -0.25) is 9.59 Å². The van der Waals surface area contributed by atoms with Crippen molar-refractivity contribution in [2.45, 2.75) is 26.7 Å². The highest BCUT2D eigenvalue weighted by molar-refractivity contribution is 5.97. The topological polar surface area (TPSA) is 43.4 Å². The molecule has 0 rings (SSSR count). The van der Waals surface area contributed by atoms with Gasteiger partial charge in [-0.2, -0.15) is 0 Å². The lowest BCUT2D eigenvalue weighted by atomic mass is 9.99. The van der Waals surface area contributed by atoms with E-state index in [1.807, 2.05) is 0 Å². The molecule has 3 nitrogen and oxygen atoms in total. The Labute approximate surface area is 78.8 Å². The van der Waals surface area contributed by atoms with Gasteiger partial charge in [0.05, 0.1) is 6.61 Å². The van der Waals surface area contributed by atoms with E-state index in [9.17, 15) is 9.59 Å². The fourth-order valence-corrected chi connectivity index (χ4v) is 1.01. The maximum atomic E-state index is 11.2. The lowest BCUT2D eigenvalue weighted by Gasteiger charge is -2.10. The van der Waals surface area contributed by atoms with Crippen molar-refractivity contribution in [2.24, 2.45) is 5.92 Å². The molecule has 13 heavy (non-hydrogen) atoms. The van der Waals surface area contributed by atoms with Gasteiger partial charge >= 0.3 is 5.97 Å². The predicted octanol–water partition coefficient (Wildman–Crippen LogP) is 1.72. The van der Waals surface area contributed by atoms with Crippen LogP contribution in [0.15, 0.2) is 12.7 Å². The van der Waals surface area contributed by atoms with E-state index in [1.165, 1.54) is 6.92 Å². The van der Waals surface area contributed by atoms with E-state index in [4.69, 9.17) is 4.74 Å². The maximum Gasteiger partial charge on any atom is 0.316 e. The summed E-state index contributed by atoms with van der Waals surface area (Å²) < 4.78 is 4.77. The minimum Gasteiger partial charge on any atom is -0.465 e. The van der Waals surface area contributed by atoms with Crippen LogP contribution in [0.5, 0.6) is 0 Å². The third kappa shape index (κ3) is 4.45. The number of esters is 1. The molecule has 74 valence electrons. The molecule has 1 atom stereocenters. The van der Waals surface area contributed by atoms with E-state index in [2.05, 4.69) is 6.58 Å². The Morgan fingerprint density at radius 3 is 2.54 bits per heavy atom. The fraction of sp³-hybridized carbons (Fsp3) is 0.600. The molecule has 0 N–H and O–H groups in total. The molecule has 0 bridgehead atoms. The van der Waals surface area contributed by atoms with Crippen LogP contribution in [0.1, 0.15) is 26.7 Å². The third-order valence-electron chi connectivity index (χ3n) is 1.72. The Bertz CT molecular complexity index is 196. The Balaban J connectivity index is 4.15. The van der Waals surface area contributed by atoms with Crippen LogP contribution in [0.4, 0.5) is 0 Å². The molecule has 0 aromatic rings. The lowest BCUT2D eigenvalue weighted by Crippen LogP contribution is -2.24. The van der Waals surface area contributed by atoms with Crippen molar-refractivity contribution in [1.29, 1.82) is 0 Å². The second-order valence-corrected chi connectivity index (χ2v) is 2.78. The summed E-state index contributed by atoms with van der Waals surface area (Å²) >= 11 is 0. The first-order valence-corrected chi connectivity index (χ1v) is 4.41. The molecule has 0 saturated carbocycles. The van der Waals surface area contributed by atoms with Gasteiger partial charge in [-0.15, -0.1) is 6.58 Å². The van der Waals surface area contributed by atoms with Crippen LogP contribution in [-0.2, 0) is 14.3 Å². The van der Waals surface area contributed by atoms with Gasteiger partial charge in [0.25, 0.3) is 0 Å². The molecule has 0 unspecified atom stereocenters. The minimum atomic E-state index is -0.613. The highest BCUT2D eigenvalue weighted by Gasteiger charge is 2.23. The van der Waals surface area contributed by atoms with E-state index < -0.39 is 11.9 Å². The summed E-state index contributed by atoms with van der Waals surface area (Å²) in [7, 11) is 0. The number of ether oxygens (including phenoxy) is 1. The Morgan fingerprint density at radius 2 is 2.15 bits per heavy atom. The molecule has 0 aromatic heterocycles. The van der Waals surface area contributed by atoms with Gasteiger partial charge in [-0.05, 0) is 26.7 Å². The molecule has 0 aromatic carbocycles. The van der Waals surface area contributed by atoms with E-state index >= 15 is 0 Å². The first kappa shape index (κ1) is 11.9. The van der Waals surface area contributed by atoms with Gasteiger partial charge in [-0.25, -0.2) is 0 Å². The van der Waals surface area contributed by atoms with Crippen molar-refractivity contribution < 1.29 is 14.3 Å². The molecule has 0 spiro atoms. The van der Waals surface area contributed by atoms with Crippen molar-refractivity contribution in [2.75, 3.05) is 6.61 Å². The number of ketones is 1. The van der Waals surface area contributed by atoms with Crippen LogP contribution < -0.4 is 0 Å². The summed E-state index contributed by atoms with van der Waals surface area (Å²) in [6, 6.07) is 0. The van der Waals surface area contributed by atoms with Crippen LogP contribution in [-0.4, -0.2) is 18.4 Å². The zero-order valence-electron chi connectivity index (χ0n) is 8.21. The van der Waals surface area contributed by atoms with Crippen LogP contribution in [0, 0.1) is 5.92 Å². The number of allylic oxidation sites excluding steroid dienone is 1. The molecule has 0 saturated heterocycles. The Morgan fingerprint density at radius 1 is 1.54 bits per heavy atom. The maximum absolute atomic E-state index is 11.2. The van der Waals surface area contributed by atoms with Crippen molar-refractivity contribution in [1.82, 2.24) is 0 Å². The molecule has 3 heteroatoms. The average molecular weight is 184 g/mol. The van der Waals surface area contributed by atoms with Gasteiger partial charge in [0.1, 0.15) is 11.7 Å². The van der Waals surface area contributed by atoms with Gasteiger partial charge in [0.15, 0.2) is 0 Å². The Kier molecular flexibility index (Phi) is 5.85. The summed E-state index contributed by atoms with van der Waals surface area (Å²) in [6.45, 7) is 6.98. The summed E-state index contributed by atoms with van der Waals surface area (Å²) in [5.41, 5.74) is 0. The number of hydrogen-bond donors (Lipinski definition) is 0. The standard InChI is InChI=1S/C10H16O3/c1-4-6-7-9(8(3)11)10(12)13-5-2/h4,9H,1,5-7H2,2-3H3/t9-/m0/s1. The number of rotatable bonds is 6. The van der Waals surface area contributed by atoms with Crippen LogP contribution in [0.2, 0.25) is 0 Å². The SMILES string of the molecule is C=CCC[C@@H](C(C)=O)C(=O)OCC. The number of carbonyl (C=O) groups excluding carboxylic acids is 2. The van der Waals surface area contributed by atoms with Crippen LogP contribution in [0.25, 0.3) is 0 Å². The van der Waals surface area contributed by atoms with Gasteiger partial charge < -0.3 is 4.74 Å².